The van der Waals surface area contributed by atoms with Gasteiger partial charge in [-0.1, -0.05) is 22.9 Å². The fourth-order valence-electron chi connectivity index (χ4n) is 2.05. The standard InChI is InChI=1S/C16H24BrNO3/c1-4-10-18(11-9-17)16(19)13-7-8-14(20-5-2)15(12-13)21-6-3/h7-8,12H,4-6,9-11H2,1-3H3. The number of carbonyl (C=O) groups is 1. The molecule has 5 heteroatoms. The van der Waals surface area contributed by atoms with E-state index in [1.54, 1.807) is 18.2 Å². The van der Waals surface area contributed by atoms with E-state index in [0.717, 1.165) is 18.3 Å². The van der Waals surface area contributed by atoms with Gasteiger partial charge in [-0.3, -0.25) is 4.79 Å². The first-order valence-corrected chi connectivity index (χ1v) is 8.54. The van der Waals surface area contributed by atoms with E-state index >= 15 is 0 Å². The zero-order valence-electron chi connectivity index (χ0n) is 13.0. The van der Waals surface area contributed by atoms with Crippen molar-refractivity contribution in [3.63, 3.8) is 0 Å². The topological polar surface area (TPSA) is 38.8 Å². The summed E-state index contributed by atoms with van der Waals surface area (Å²) in [5.41, 5.74) is 0.635. The van der Waals surface area contributed by atoms with Crippen LogP contribution in [0.4, 0.5) is 0 Å². The molecule has 0 heterocycles. The van der Waals surface area contributed by atoms with Gasteiger partial charge in [-0.2, -0.15) is 0 Å². The first-order chi connectivity index (χ1) is 10.2. The van der Waals surface area contributed by atoms with E-state index in [9.17, 15) is 4.79 Å². The van der Waals surface area contributed by atoms with Crippen LogP contribution in [-0.2, 0) is 0 Å². The van der Waals surface area contributed by atoms with Gasteiger partial charge in [0.1, 0.15) is 0 Å². The maximum atomic E-state index is 12.6. The molecule has 0 radical (unpaired) electrons. The lowest BCUT2D eigenvalue weighted by Crippen LogP contribution is -2.33. The molecule has 0 aromatic heterocycles. The minimum absolute atomic E-state index is 0.0281. The lowest BCUT2D eigenvalue weighted by Gasteiger charge is -2.21. The van der Waals surface area contributed by atoms with E-state index in [0.29, 0.717) is 36.8 Å². The average molecular weight is 358 g/mol. The minimum Gasteiger partial charge on any atom is -0.490 e. The lowest BCUT2D eigenvalue weighted by atomic mass is 10.1. The molecule has 1 aromatic carbocycles. The molecule has 0 saturated heterocycles. The van der Waals surface area contributed by atoms with Crippen LogP contribution in [-0.4, -0.2) is 42.4 Å². The van der Waals surface area contributed by atoms with Crippen molar-refractivity contribution in [1.29, 1.82) is 0 Å². The van der Waals surface area contributed by atoms with E-state index in [-0.39, 0.29) is 5.91 Å². The summed E-state index contributed by atoms with van der Waals surface area (Å²) < 4.78 is 11.1. The summed E-state index contributed by atoms with van der Waals surface area (Å²) in [5, 5.41) is 0.772. The number of carbonyl (C=O) groups excluding carboxylic acids is 1. The number of alkyl halides is 1. The van der Waals surface area contributed by atoms with Gasteiger partial charge < -0.3 is 14.4 Å². The first-order valence-electron chi connectivity index (χ1n) is 7.42. The van der Waals surface area contributed by atoms with E-state index in [2.05, 4.69) is 22.9 Å². The number of nitrogens with zero attached hydrogens (tertiary/aromatic N) is 1. The van der Waals surface area contributed by atoms with E-state index < -0.39 is 0 Å². The summed E-state index contributed by atoms with van der Waals surface area (Å²) >= 11 is 3.39. The molecule has 4 nitrogen and oxygen atoms in total. The van der Waals surface area contributed by atoms with Gasteiger partial charge in [0.05, 0.1) is 13.2 Å². The van der Waals surface area contributed by atoms with Crippen LogP contribution in [0.15, 0.2) is 18.2 Å². The molecule has 0 bridgehead atoms. The number of amides is 1. The van der Waals surface area contributed by atoms with E-state index in [1.165, 1.54) is 0 Å². The summed E-state index contributed by atoms with van der Waals surface area (Å²) in [6.45, 7) is 8.46. The average Bonchev–Trinajstić information content (AvgIpc) is 2.48. The van der Waals surface area contributed by atoms with Gasteiger partial charge in [-0.15, -0.1) is 0 Å². The Labute approximate surface area is 135 Å². The number of hydrogen-bond acceptors (Lipinski definition) is 3. The normalized spacial score (nSPS) is 10.3. The van der Waals surface area contributed by atoms with Gasteiger partial charge in [-0.05, 0) is 38.5 Å². The summed E-state index contributed by atoms with van der Waals surface area (Å²) in [4.78, 5) is 14.4. The molecule has 0 aliphatic rings. The molecule has 0 spiro atoms. The zero-order valence-corrected chi connectivity index (χ0v) is 14.6. The molecule has 1 amide bonds. The quantitative estimate of drug-likeness (QED) is 0.632. The highest BCUT2D eigenvalue weighted by atomic mass is 79.9. The van der Waals surface area contributed by atoms with Crippen LogP contribution in [0, 0.1) is 0 Å². The Kier molecular flexibility index (Phi) is 8.20. The van der Waals surface area contributed by atoms with Crippen LogP contribution in [0.3, 0.4) is 0 Å². The van der Waals surface area contributed by atoms with Crippen molar-refractivity contribution < 1.29 is 14.3 Å². The number of hydrogen-bond donors (Lipinski definition) is 0. The molecule has 118 valence electrons. The third-order valence-corrected chi connectivity index (χ3v) is 3.28. The summed E-state index contributed by atoms with van der Waals surface area (Å²) in [5.74, 6) is 1.33. The Morgan fingerprint density at radius 1 is 1.10 bits per heavy atom. The highest BCUT2D eigenvalue weighted by molar-refractivity contribution is 9.09. The van der Waals surface area contributed by atoms with E-state index in [4.69, 9.17) is 9.47 Å². The molecule has 0 aliphatic carbocycles. The van der Waals surface area contributed by atoms with Crippen LogP contribution in [0.25, 0.3) is 0 Å². The first kappa shape index (κ1) is 17.8. The fourth-order valence-corrected chi connectivity index (χ4v) is 2.48. The molecule has 0 aliphatic heterocycles. The van der Waals surface area contributed by atoms with Crippen molar-refractivity contribution in [2.24, 2.45) is 0 Å². The van der Waals surface area contributed by atoms with Crippen LogP contribution in [0.5, 0.6) is 11.5 Å². The summed E-state index contributed by atoms with van der Waals surface area (Å²) in [6, 6.07) is 5.38. The maximum absolute atomic E-state index is 12.6. The summed E-state index contributed by atoms with van der Waals surface area (Å²) in [6.07, 6.45) is 0.939. The number of ether oxygens (including phenoxy) is 2. The van der Waals surface area contributed by atoms with Crippen molar-refractivity contribution in [3.8, 4) is 11.5 Å². The van der Waals surface area contributed by atoms with Crippen molar-refractivity contribution >= 4 is 21.8 Å². The summed E-state index contributed by atoms with van der Waals surface area (Å²) in [7, 11) is 0. The van der Waals surface area contributed by atoms with Crippen molar-refractivity contribution in [2.75, 3.05) is 31.6 Å². The Balaban J connectivity index is 3.00. The Morgan fingerprint density at radius 2 is 1.76 bits per heavy atom. The van der Waals surface area contributed by atoms with Crippen molar-refractivity contribution in [1.82, 2.24) is 4.90 Å². The second kappa shape index (κ2) is 9.66. The highest BCUT2D eigenvalue weighted by Crippen LogP contribution is 2.29. The molecule has 1 rings (SSSR count). The molecule has 0 fully saturated rings. The predicted molar refractivity (Wildman–Crippen MR) is 88.8 cm³/mol. The highest BCUT2D eigenvalue weighted by Gasteiger charge is 2.17. The van der Waals surface area contributed by atoms with Gasteiger partial charge in [0.15, 0.2) is 11.5 Å². The Morgan fingerprint density at radius 3 is 2.33 bits per heavy atom. The van der Waals surface area contributed by atoms with Crippen molar-refractivity contribution in [2.45, 2.75) is 27.2 Å². The van der Waals surface area contributed by atoms with Crippen LogP contribution < -0.4 is 9.47 Å². The second-order valence-corrected chi connectivity index (χ2v) is 5.30. The van der Waals surface area contributed by atoms with E-state index in [1.807, 2.05) is 18.7 Å². The number of halogens is 1. The molecular weight excluding hydrogens is 334 g/mol. The van der Waals surface area contributed by atoms with Crippen LogP contribution >= 0.6 is 15.9 Å². The predicted octanol–water partition coefficient (Wildman–Crippen LogP) is 3.73. The minimum atomic E-state index is 0.0281. The molecule has 0 unspecified atom stereocenters. The fraction of sp³-hybridized carbons (Fsp3) is 0.562. The molecule has 1 aromatic rings. The third kappa shape index (κ3) is 5.23. The largest absolute Gasteiger partial charge is 0.490 e. The molecule has 0 saturated carbocycles. The van der Waals surface area contributed by atoms with Crippen molar-refractivity contribution in [3.05, 3.63) is 23.8 Å². The second-order valence-electron chi connectivity index (χ2n) is 4.51. The number of rotatable bonds is 9. The smallest absolute Gasteiger partial charge is 0.254 e. The lowest BCUT2D eigenvalue weighted by molar-refractivity contribution is 0.0766. The number of benzene rings is 1. The SMILES string of the molecule is CCCN(CCBr)C(=O)c1ccc(OCC)c(OCC)c1. The maximum Gasteiger partial charge on any atom is 0.254 e. The van der Waals surface area contributed by atoms with Gasteiger partial charge >= 0.3 is 0 Å². The zero-order chi connectivity index (χ0) is 15.7. The van der Waals surface area contributed by atoms with Gasteiger partial charge in [0.2, 0.25) is 0 Å². The molecular formula is C16H24BrNO3. The molecule has 0 atom stereocenters. The molecule has 0 N–H and O–H groups in total. The third-order valence-electron chi connectivity index (χ3n) is 2.93. The molecule has 21 heavy (non-hydrogen) atoms. The van der Waals surface area contributed by atoms with Gasteiger partial charge in [0, 0.05) is 24.0 Å². The Bertz CT molecular complexity index is 445. The van der Waals surface area contributed by atoms with Gasteiger partial charge in [0.25, 0.3) is 5.91 Å². The van der Waals surface area contributed by atoms with Crippen LogP contribution in [0.2, 0.25) is 0 Å². The van der Waals surface area contributed by atoms with Gasteiger partial charge in [-0.25, -0.2) is 0 Å². The Hall–Kier alpha value is -1.23. The van der Waals surface area contributed by atoms with Crippen LogP contribution in [0.1, 0.15) is 37.6 Å². The monoisotopic (exact) mass is 357 g/mol.